The van der Waals surface area contributed by atoms with Gasteiger partial charge in [0.05, 0.1) is 33.6 Å². The van der Waals surface area contributed by atoms with Crippen LogP contribution in [0.3, 0.4) is 0 Å². The lowest BCUT2D eigenvalue weighted by atomic mass is 10.2. The van der Waals surface area contributed by atoms with E-state index in [0.717, 1.165) is 30.6 Å². The minimum atomic E-state index is -0.461. The van der Waals surface area contributed by atoms with Crippen molar-refractivity contribution in [2.75, 3.05) is 7.11 Å². The van der Waals surface area contributed by atoms with E-state index in [0.29, 0.717) is 5.52 Å². The molecule has 114 valence electrons. The highest BCUT2D eigenvalue weighted by molar-refractivity contribution is 6.31. The van der Waals surface area contributed by atoms with Gasteiger partial charge < -0.3 is 9.30 Å². The molecule has 1 aliphatic carbocycles. The lowest BCUT2D eigenvalue weighted by Gasteiger charge is -2.23. The smallest absolute Gasteiger partial charge is 0.144 e. The minimum Gasteiger partial charge on any atom is -0.379 e. The summed E-state index contributed by atoms with van der Waals surface area (Å²) in [5.74, 6) is 0.277. The highest BCUT2D eigenvalue weighted by atomic mass is 35.5. The summed E-state index contributed by atoms with van der Waals surface area (Å²) in [5.41, 5.74) is 1.40. The maximum absolute atomic E-state index is 13.7. The standard InChI is InChI=1S/C15H17Cl2FN2O/c1-8(16)15-19-11-7-10(18)9(17)6-13(11)20(15)12-4-3-5-14(12)21-2/h6-8,12,14H,3-5H2,1-2H3. The molecular weight excluding hydrogens is 314 g/mol. The van der Waals surface area contributed by atoms with Crippen molar-refractivity contribution in [2.45, 2.75) is 43.7 Å². The SMILES string of the molecule is COC1CCCC1n1c(C(C)Cl)nc2cc(F)c(Cl)cc21. The van der Waals surface area contributed by atoms with E-state index < -0.39 is 5.82 Å². The molecule has 0 N–H and O–H groups in total. The molecule has 3 nitrogen and oxygen atoms in total. The number of rotatable bonds is 3. The van der Waals surface area contributed by atoms with Gasteiger partial charge >= 0.3 is 0 Å². The van der Waals surface area contributed by atoms with Crippen LogP contribution in [0.1, 0.15) is 43.4 Å². The Kier molecular flexibility index (Phi) is 4.12. The van der Waals surface area contributed by atoms with Gasteiger partial charge in [0.2, 0.25) is 0 Å². The number of benzene rings is 1. The van der Waals surface area contributed by atoms with Crippen LogP contribution in [-0.4, -0.2) is 22.8 Å². The van der Waals surface area contributed by atoms with Crippen molar-refractivity contribution in [1.29, 1.82) is 0 Å². The zero-order valence-electron chi connectivity index (χ0n) is 11.9. The van der Waals surface area contributed by atoms with Crippen LogP contribution in [0.15, 0.2) is 12.1 Å². The summed E-state index contributed by atoms with van der Waals surface area (Å²) in [7, 11) is 1.72. The van der Waals surface area contributed by atoms with Gasteiger partial charge in [0.15, 0.2) is 0 Å². The predicted octanol–water partition coefficient (Wildman–Crippen LogP) is 4.87. The molecule has 1 aromatic heterocycles. The Hall–Kier alpha value is -0.840. The Morgan fingerprint density at radius 2 is 2.19 bits per heavy atom. The van der Waals surface area contributed by atoms with E-state index in [4.69, 9.17) is 27.9 Å². The summed E-state index contributed by atoms with van der Waals surface area (Å²) in [6, 6.07) is 3.17. The number of nitrogens with zero attached hydrogens (tertiary/aromatic N) is 2. The summed E-state index contributed by atoms with van der Waals surface area (Å²) in [5, 5.41) is -0.165. The van der Waals surface area contributed by atoms with Gasteiger partial charge in [-0.25, -0.2) is 9.37 Å². The Bertz CT molecular complexity index is 671. The Morgan fingerprint density at radius 3 is 2.86 bits per heavy atom. The van der Waals surface area contributed by atoms with Gasteiger partial charge in [0.25, 0.3) is 0 Å². The Labute approximate surface area is 133 Å². The fourth-order valence-corrected chi connectivity index (χ4v) is 3.53. The van der Waals surface area contributed by atoms with E-state index in [1.165, 1.54) is 6.07 Å². The van der Waals surface area contributed by atoms with Gasteiger partial charge in [-0.2, -0.15) is 0 Å². The lowest BCUT2D eigenvalue weighted by Crippen LogP contribution is -2.22. The quantitative estimate of drug-likeness (QED) is 0.751. The van der Waals surface area contributed by atoms with Crippen LogP contribution >= 0.6 is 23.2 Å². The van der Waals surface area contributed by atoms with E-state index in [1.807, 2.05) is 6.92 Å². The number of imidazole rings is 1. The largest absolute Gasteiger partial charge is 0.379 e. The number of halogens is 3. The zero-order chi connectivity index (χ0) is 15.1. The van der Waals surface area contributed by atoms with E-state index in [-0.39, 0.29) is 22.5 Å². The second kappa shape index (κ2) is 5.75. The van der Waals surface area contributed by atoms with Gasteiger partial charge in [-0.05, 0) is 32.3 Å². The molecule has 3 rings (SSSR count). The van der Waals surface area contributed by atoms with Gasteiger partial charge in [-0.3, -0.25) is 0 Å². The molecule has 1 fully saturated rings. The number of alkyl halides is 1. The molecule has 0 aliphatic heterocycles. The van der Waals surface area contributed by atoms with Crippen molar-refractivity contribution < 1.29 is 9.13 Å². The van der Waals surface area contributed by atoms with Crippen LogP contribution in [0.2, 0.25) is 5.02 Å². The maximum Gasteiger partial charge on any atom is 0.144 e. The van der Waals surface area contributed by atoms with Gasteiger partial charge in [0, 0.05) is 13.2 Å². The molecule has 1 aliphatic rings. The van der Waals surface area contributed by atoms with E-state index in [9.17, 15) is 4.39 Å². The lowest BCUT2D eigenvalue weighted by molar-refractivity contribution is 0.0753. The molecule has 0 spiro atoms. The average Bonchev–Trinajstić information content (AvgIpc) is 3.02. The van der Waals surface area contributed by atoms with Crippen LogP contribution in [0.4, 0.5) is 4.39 Å². The number of aromatic nitrogens is 2. The van der Waals surface area contributed by atoms with E-state index in [1.54, 1.807) is 13.2 Å². The summed E-state index contributed by atoms with van der Waals surface area (Å²) in [4.78, 5) is 4.50. The van der Waals surface area contributed by atoms with E-state index >= 15 is 0 Å². The molecule has 3 unspecified atom stereocenters. The topological polar surface area (TPSA) is 27.1 Å². The molecule has 2 aromatic rings. The second-order valence-electron chi connectivity index (χ2n) is 5.48. The van der Waals surface area contributed by atoms with Crippen LogP contribution < -0.4 is 0 Å². The molecule has 1 aromatic carbocycles. The molecule has 0 bridgehead atoms. The summed E-state index contributed by atoms with van der Waals surface area (Å²) in [6.45, 7) is 1.87. The van der Waals surface area contributed by atoms with Gasteiger partial charge in [-0.15, -0.1) is 11.6 Å². The monoisotopic (exact) mass is 330 g/mol. The molecule has 21 heavy (non-hydrogen) atoms. The third-order valence-corrected chi connectivity index (χ3v) is 4.65. The van der Waals surface area contributed by atoms with Crippen molar-refractivity contribution in [1.82, 2.24) is 9.55 Å². The number of hydrogen-bond donors (Lipinski definition) is 0. The molecule has 0 radical (unpaired) electrons. The molecule has 6 heteroatoms. The molecule has 0 amide bonds. The summed E-state index contributed by atoms with van der Waals surface area (Å²) in [6.07, 6.45) is 3.22. The van der Waals surface area contributed by atoms with Crippen molar-refractivity contribution >= 4 is 34.2 Å². The highest BCUT2D eigenvalue weighted by Crippen LogP contribution is 2.38. The van der Waals surface area contributed by atoms with Crippen molar-refractivity contribution in [3.05, 3.63) is 28.8 Å². The molecule has 0 saturated heterocycles. The molecular formula is C15H17Cl2FN2O. The minimum absolute atomic E-state index is 0.101. The van der Waals surface area contributed by atoms with Crippen LogP contribution in [0, 0.1) is 5.82 Å². The predicted molar refractivity (Wildman–Crippen MR) is 82.7 cm³/mol. The summed E-state index contributed by atoms with van der Waals surface area (Å²) < 4.78 is 21.3. The third-order valence-electron chi connectivity index (χ3n) is 4.17. The number of ether oxygens (including phenoxy) is 1. The van der Waals surface area contributed by atoms with E-state index in [2.05, 4.69) is 9.55 Å². The fraction of sp³-hybridized carbons (Fsp3) is 0.533. The van der Waals surface area contributed by atoms with Crippen LogP contribution in [0.25, 0.3) is 11.0 Å². The summed E-state index contributed by atoms with van der Waals surface area (Å²) >= 11 is 12.2. The first-order valence-electron chi connectivity index (χ1n) is 7.06. The highest BCUT2D eigenvalue weighted by Gasteiger charge is 2.32. The first kappa shape index (κ1) is 15.1. The van der Waals surface area contributed by atoms with Crippen LogP contribution in [-0.2, 0) is 4.74 Å². The maximum atomic E-state index is 13.7. The number of fused-ring (bicyclic) bond motifs is 1. The van der Waals surface area contributed by atoms with Crippen LogP contribution in [0.5, 0.6) is 0 Å². The third kappa shape index (κ3) is 2.54. The first-order chi connectivity index (χ1) is 10.0. The van der Waals surface area contributed by atoms with Crippen molar-refractivity contribution in [3.8, 4) is 0 Å². The van der Waals surface area contributed by atoms with Crippen molar-refractivity contribution in [2.24, 2.45) is 0 Å². The normalized spacial score (nSPS) is 23.9. The number of hydrogen-bond acceptors (Lipinski definition) is 2. The molecule has 1 saturated carbocycles. The number of methoxy groups -OCH3 is 1. The molecule has 1 heterocycles. The average molecular weight is 331 g/mol. The fourth-order valence-electron chi connectivity index (χ4n) is 3.21. The molecule has 3 atom stereocenters. The second-order valence-corrected chi connectivity index (χ2v) is 6.55. The van der Waals surface area contributed by atoms with Crippen molar-refractivity contribution in [3.63, 3.8) is 0 Å². The zero-order valence-corrected chi connectivity index (χ0v) is 13.5. The Morgan fingerprint density at radius 1 is 1.43 bits per heavy atom. The Balaban J connectivity index is 2.23. The van der Waals surface area contributed by atoms with Gasteiger partial charge in [-0.1, -0.05) is 11.6 Å². The van der Waals surface area contributed by atoms with Gasteiger partial charge in [0.1, 0.15) is 11.6 Å². The first-order valence-corrected chi connectivity index (χ1v) is 7.88.